The molecular weight excluding hydrogens is 266 g/mol. The van der Waals surface area contributed by atoms with Gasteiger partial charge in [0, 0.05) is 11.4 Å². The Morgan fingerprint density at radius 2 is 1.81 bits per heavy atom. The van der Waals surface area contributed by atoms with Crippen LogP contribution in [0, 0.1) is 5.92 Å². The van der Waals surface area contributed by atoms with Crippen LogP contribution in [0.5, 0.6) is 0 Å². The third-order valence-electron chi connectivity index (χ3n) is 2.33. The van der Waals surface area contributed by atoms with Crippen molar-refractivity contribution in [3.05, 3.63) is 32.8 Å². The molecule has 0 fully saturated rings. The van der Waals surface area contributed by atoms with Gasteiger partial charge in [-0.3, -0.25) is 0 Å². The van der Waals surface area contributed by atoms with Gasteiger partial charge in [0.1, 0.15) is 5.78 Å². The molecule has 0 saturated carbocycles. The average molecular weight is 280 g/mol. The summed E-state index contributed by atoms with van der Waals surface area (Å²) >= 11 is 18.0. The van der Waals surface area contributed by atoms with E-state index in [-0.39, 0.29) is 11.7 Å². The fraction of sp³-hybridized carbons (Fsp3) is 0.417. The normalized spacial score (nSPS) is 12.6. The van der Waals surface area contributed by atoms with Crippen LogP contribution >= 0.6 is 34.8 Å². The SMILES string of the molecule is CC(=O)CC(C)Cc1c(Cl)ccc(Cl)c1Cl. The quantitative estimate of drug-likeness (QED) is 0.723. The summed E-state index contributed by atoms with van der Waals surface area (Å²) in [4.78, 5) is 11.0. The van der Waals surface area contributed by atoms with Crippen molar-refractivity contribution in [3.8, 4) is 0 Å². The summed E-state index contributed by atoms with van der Waals surface area (Å²) in [5.41, 5.74) is 0.824. The second kappa shape index (κ2) is 5.90. The van der Waals surface area contributed by atoms with Gasteiger partial charge in [0.25, 0.3) is 0 Å². The van der Waals surface area contributed by atoms with E-state index in [0.717, 1.165) is 5.56 Å². The van der Waals surface area contributed by atoms with Crippen molar-refractivity contribution < 1.29 is 4.79 Å². The zero-order chi connectivity index (χ0) is 12.3. The van der Waals surface area contributed by atoms with Crippen molar-refractivity contribution in [2.45, 2.75) is 26.7 Å². The van der Waals surface area contributed by atoms with E-state index in [1.165, 1.54) is 0 Å². The molecule has 0 spiro atoms. The largest absolute Gasteiger partial charge is 0.300 e. The Labute approximate surface area is 111 Å². The molecule has 1 nitrogen and oxygen atoms in total. The molecule has 0 amide bonds. The van der Waals surface area contributed by atoms with E-state index in [0.29, 0.717) is 27.9 Å². The highest BCUT2D eigenvalue weighted by molar-refractivity contribution is 6.44. The zero-order valence-corrected chi connectivity index (χ0v) is 11.5. The van der Waals surface area contributed by atoms with Gasteiger partial charge in [-0.1, -0.05) is 41.7 Å². The molecular formula is C12H13Cl3O. The Balaban J connectivity index is 2.88. The van der Waals surface area contributed by atoms with Crippen molar-refractivity contribution >= 4 is 40.6 Å². The molecule has 1 aromatic carbocycles. The van der Waals surface area contributed by atoms with Crippen LogP contribution in [0.25, 0.3) is 0 Å². The van der Waals surface area contributed by atoms with Crippen molar-refractivity contribution in [3.63, 3.8) is 0 Å². The lowest BCUT2D eigenvalue weighted by Gasteiger charge is -2.13. The Morgan fingerprint density at radius 1 is 1.25 bits per heavy atom. The minimum atomic E-state index is 0.168. The van der Waals surface area contributed by atoms with Gasteiger partial charge in [-0.25, -0.2) is 0 Å². The molecule has 16 heavy (non-hydrogen) atoms. The summed E-state index contributed by atoms with van der Waals surface area (Å²) in [5.74, 6) is 0.382. The van der Waals surface area contributed by atoms with Crippen molar-refractivity contribution in [2.75, 3.05) is 0 Å². The fourth-order valence-electron chi connectivity index (χ4n) is 1.67. The van der Waals surface area contributed by atoms with E-state index in [1.807, 2.05) is 6.92 Å². The summed E-state index contributed by atoms with van der Waals surface area (Å²) in [5, 5.41) is 1.59. The summed E-state index contributed by atoms with van der Waals surface area (Å²) in [7, 11) is 0. The Morgan fingerprint density at radius 3 is 2.38 bits per heavy atom. The van der Waals surface area contributed by atoms with E-state index in [9.17, 15) is 4.79 Å². The molecule has 1 atom stereocenters. The van der Waals surface area contributed by atoms with Crippen LogP contribution in [0.1, 0.15) is 25.8 Å². The molecule has 0 N–H and O–H groups in total. The highest BCUT2D eigenvalue weighted by atomic mass is 35.5. The maximum atomic E-state index is 11.0. The van der Waals surface area contributed by atoms with Gasteiger partial charge in [-0.05, 0) is 37.0 Å². The predicted molar refractivity (Wildman–Crippen MR) is 69.6 cm³/mol. The first kappa shape index (κ1) is 13.8. The number of rotatable bonds is 4. The second-order valence-corrected chi connectivity index (χ2v) is 5.23. The van der Waals surface area contributed by atoms with Gasteiger partial charge in [0.2, 0.25) is 0 Å². The maximum absolute atomic E-state index is 11.0. The molecule has 0 aliphatic heterocycles. The first-order valence-electron chi connectivity index (χ1n) is 5.03. The van der Waals surface area contributed by atoms with E-state index >= 15 is 0 Å². The topological polar surface area (TPSA) is 17.1 Å². The first-order chi connectivity index (χ1) is 7.41. The van der Waals surface area contributed by atoms with Gasteiger partial charge in [0.15, 0.2) is 0 Å². The lowest BCUT2D eigenvalue weighted by atomic mass is 9.96. The molecule has 0 saturated heterocycles. The van der Waals surface area contributed by atoms with Crippen molar-refractivity contribution in [1.82, 2.24) is 0 Å². The molecule has 1 unspecified atom stereocenters. The van der Waals surface area contributed by atoms with E-state index in [2.05, 4.69) is 0 Å². The minimum Gasteiger partial charge on any atom is -0.300 e. The van der Waals surface area contributed by atoms with Crippen LogP contribution in [0.4, 0.5) is 0 Å². The number of hydrogen-bond acceptors (Lipinski definition) is 1. The number of halogens is 3. The number of carbonyl (C=O) groups excluding carboxylic acids is 1. The minimum absolute atomic E-state index is 0.168. The molecule has 88 valence electrons. The lowest BCUT2D eigenvalue weighted by Crippen LogP contribution is -2.06. The summed E-state index contributed by atoms with van der Waals surface area (Å²) in [6.07, 6.45) is 1.19. The molecule has 0 heterocycles. The van der Waals surface area contributed by atoms with Crippen molar-refractivity contribution in [2.24, 2.45) is 5.92 Å². The smallest absolute Gasteiger partial charge is 0.130 e. The summed E-state index contributed by atoms with van der Waals surface area (Å²) in [6, 6.07) is 3.40. The van der Waals surface area contributed by atoms with Crippen LogP contribution in [0.15, 0.2) is 12.1 Å². The number of benzene rings is 1. The van der Waals surface area contributed by atoms with E-state index in [4.69, 9.17) is 34.8 Å². The van der Waals surface area contributed by atoms with Gasteiger partial charge in [-0.15, -0.1) is 0 Å². The highest BCUT2D eigenvalue weighted by Crippen LogP contribution is 2.33. The average Bonchev–Trinajstić information content (AvgIpc) is 2.17. The molecule has 0 aliphatic rings. The monoisotopic (exact) mass is 278 g/mol. The molecule has 0 radical (unpaired) electrons. The Bertz CT molecular complexity index is 401. The third kappa shape index (κ3) is 3.65. The highest BCUT2D eigenvalue weighted by Gasteiger charge is 2.14. The van der Waals surface area contributed by atoms with Gasteiger partial charge >= 0.3 is 0 Å². The second-order valence-electron chi connectivity index (χ2n) is 4.04. The summed E-state index contributed by atoms with van der Waals surface area (Å²) < 4.78 is 0. The van der Waals surface area contributed by atoms with Crippen LogP contribution in [0.3, 0.4) is 0 Å². The standard InChI is InChI=1S/C12H13Cl3O/c1-7(5-8(2)16)6-9-10(13)3-4-11(14)12(9)15/h3-4,7H,5-6H2,1-2H3. The molecule has 1 rings (SSSR count). The molecule has 4 heteroatoms. The predicted octanol–water partition coefficient (Wildman–Crippen LogP) is 4.80. The Hall–Kier alpha value is -0.240. The molecule has 0 aliphatic carbocycles. The first-order valence-corrected chi connectivity index (χ1v) is 6.17. The van der Waals surface area contributed by atoms with Crippen molar-refractivity contribution in [1.29, 1.82) is 0 Å². The summed E-state index contributed by atoms with van der Waals surface area (Å²) in [6.45, 7) is 3.58. The number of hydrogen-bond donors (Lipinski definition) is 0. The van der Waals surface area contributed by atoms with Crippen LogP contribution in [0.2, 0.25) is 15.1 Å². The van der Waals surface area contributed by atoms with E-state index in [1.54, 1.807) is 19.1 Å². The fourth-order valence-corrected chi connectivity index (χ4v) is 2.37. The Kier molecular flexibility index (Phi) is 5.10. The van der Waals surface area contributed by atoms with Gasteiger partial charge in [-0.2, -0.15) is 0 Å². The molecule has 1 aromatic rings. The number of carbonyl (C=O) groups is 1. The zero-order valence-electron chi connectivity index (χ0n) is 9.19. The van der Waals surface area contributed by atoms with Crippen LogP contribution in [-0.2, 0) is 11.2 Å². The van der Waals surface area contributed by atoms with Crippen LogP contribution in [-0.4, -0.2) is 5.78 Å². The number of Topliss-reactive ketones (excluding diaryl/α,β-unsaturated/α-hetero) is 1. The molecule has 0 aromatic heterocycles. The number of ketones is 1. The van der Waals surface area contributed by atoms with Gasteiger partial charge < -0.3 is 4.79 Å². The van der Waals surface area contributed by atoms with E-state index < -0.39 is 0 Å². The van der Waals surface area contributed by atoms with Gasteiger partial charge in [0.05, 0.1) is 10.0 Å². The maximum Gasteiger partial charge on any atom is 0.130 e. The van der Waals surface area contributed by atoms with Crippen LogP contribution < -0.4 is 0 Å². The lowest BCUT2D eigenvalue weighted by molar-refractivity contribution is -0.117. The third-order valence-corrected chi connectivity index (χ3v) is 3.52. The molecule has 0 bridgehead atoms.